The molecule has 24 heavy (non-hydrogen) atoms. The van der Waals surface area contributed by atoms with E-state index in [4.69, 9.17) is 0 Å². The van der Waals surface area contributed by atoms with E-state index in [0.29, 0.717) is 6.54 Å². The van der Waals surface area contributed by atoms with E-state index in [1.807, 2.05) is 48.9 Å². The number of nitrogens with one attached hydrogen (secondary N) is 2. The summed E-state index contributed by atoms with van der Waals surface area (Å²) >= 11 is 0. The number of imidazole rings is 1. The Balaban J connectivity index is 1.73. The molecule has 2 aromatic heterocycles. The molecule has 0 unspecified atom stereocenters. The van der Waals surface area contributed by atoms with Gasteiger partial charge < -0.3 is 10.3 Å². The van der Waals surface area contributed by atoms with Crippen LogP contribution < -0.4 is 5.32 Å². The van der Waals surface area contributed by atoms with Crippen molar-refractivity contribution in [1.29, 1.82) is 0 Å². The fourth-order valence-electron chi connectivity index (χ4n) is 2.50. The SMILES string of the molecule is Cc1nn(-c2ccccc2)c(C)c1/C=C/C(=O)NCc1ncc[nH]1. The normalized spacial score (nSPS) is 11.1. The molecule has 0 aliphatic rings. The lowest BCUT2D eigenvalue weighted by molar-refractivity contribution is -0.116. The van der Waals surface area contributed by atoms with E-state index in [1.54, 1.807) is 18.5 Å². The first-order valence-corrected chi connectivity index (χ1v) is 7.71. The Morgan fingerprint density at radius 1 is 1.29 bits per heavy atom. The van der Waals surface area contributed by atoms with Gasteiger partial charge in [0.25, 0.3) is 0 Å². The number of rotatable bonds is 5. The summed E-state index contributed by atoms with van der Waals surface area (Å²) in [7, 11) is 0. The number of hydrogen-bond donors (Lipinski definition) is 2. The van der Waals surface area contributed by atoms with E-state index in [1.165, 1.54) is 6.08 Å². The number of carbonyl (C=O) groups excluding carboxylic acids is 1. The maximum absolute atomic E-state index is 11.9. The van der Waals surface area contributed by atoms with Gasteiger partial charge in [0, 0.05) is 29.7 Å². The van der Waals surface area contributed by atoms with Gasteiger partial charge in [0.05, 0.1) is 17.9 Å². The van der Waals surface area contributed by atoms with Crippen LogP contribution in [0.15, 0.2) is 48.8 Å². The van der Waals surface area contributed by atoms with Gasteiger partial charge in [0.15, 0.2) is 0 Å². The first-order chi connectivity index (χ1) is 11.6. The molecule has 6 nitrogen and oxygen atoms in total. The molecule has 0 fully saturated rings. The second-order valence-corrected chi connectivity index (χ2v) is 5.42. The third-order valence-corrected chi connectivity index (χ3v) is 3.73. The summed E-state index contributed by atoms with van der Waals surface area (Å²) in [4.78, 5) is 19.0. The number of nitrogens with zero attached hydrogens (tertiary/aromatic N) is 3. The number of H-pyrrole nitrogens is 1. The molecule has 3 rings (SSSR count). The smallest absolute Gasteiger partial charge is 0.244 e. The summed E-state index contributed by atoms with van der Waals surface area (Å²) in [5, 5.41) is 7.35. The van der Waals surface area contributed by atoms with Crippen LogP contribution in [0.3, 0.4) is 0 Å². The van der Waals surface area contributed by atoms with Crippen LogP contribution in [0.2, 0.25) is 0 Å². The van der Waals surface area contributed by atoms with Crippen molar-refractivity contribution in [3.05, 3.63) is 71.6 Å². The Kier molecular flexibility index (Phi) is 4.56. The largest absolute Gasteiger partial charge is 0.347 e. The van der Waals surface area contributed by atoms with Crippen LogP contribution in [0.1, 0.15) is 22.8 Å². The highest BCUT2D eigenvalue weighted by Crippen LogP contribution is 2.18. The van der Waals surface area contributed by atoms with Gasteiger partial charge in [0.2, 0.25) is 5.91 Å². The predicted molar refractivity (Wildman–Crippen MR) is 92.5 cm³/mol. The average Bonchev–Trinajstić information content (AvgIpc) is 3.21. The Morgan fingerprint density at radius 3 is 2.79 bits per heavy atom. The molecule has 6 heteroatoms. The number of benzene rings is 1. The van der Waals surface area contributed by atoms with Crippen molar-refractivity contribution in [2.24, 2.45) is 0 Å². The van der Waals surface area contributed by atoms with Crippen LogP contribution in [0, 0.1) is 13.8 Å². The van der Waals surface area contributed by atoms with Crippen LogP contribution >= 0.6 is 0 Å². The van der Waals surface area contributed by atoms with Crippen LogP contribution in [-0.2, 0) is 11.3 Å². The molecular weight excluding hydrogens is 302 g/mol. The summed E-state index contributed by atoms with van der Waals surface area (Å²) in [6.45, 7) is 4.30. The Labute approximate surface area is 140 Å². The van der Waals surface area contributed by atoms with Crippen LogP contribution in [0.5, 0.6) is 0 Å². The van der Waals surface area contributed by atoms with Crippen molar-refractivity contribution in [3.8, 4) is 5.69 Å². The van der Waals surface area contributed by atoms with Gasteiger partial charge in [-0.15, -0.1) is 0 Å². The molecule has 0 atom stereocenters. The summed E-state index contributed by atoms with van der Waals surface area (Å²) in [6, 6.07) is 9.93. The summed E-state index contributed by atoms with van der Waals surface area (Å²) in [5.41, 5.74) is 3.83. The lowest BCUT2D eigenvalue weighted by atomic mass is 10.2. The molecule has 0 bridgehead atoms. The van der Waals surface area contributed by atoms with Crippen LogP contribution in [-0.4, -0.2) is 25.7 Å². The minimum atomic E-state index is -0.169. The highest BCUT2D eigenvalue weighted by atomic mass is 16.1. The van der Waals surface area contributed by atoms with Gasteiger partial charge in [-0.05, 0) is 32.1 Å². The van der Waals surface area contributed by atoms with E-state index >= 15 is 0 Å². The predicted octanol–water partition coefficient (Wildman–Crippen LogP) is 2.54. The number of aromatic amines is 1. The summed E-state index contributed by atoms with van der Waals surface area (Å²) in [6.07, 6.45) is 6.70. The lowest BCUT2D eigenvalue weighted by Crippen LogP contribution is -2.20. The second-order valence-electron chi connectivity index (χ2n) is 5.42. The number of carbonyl (C=O) groups is 1. The van der Waals surface area contributed by atoms with E-state index < -0.39 is 0 Å². The van der Waals surface area contributed by atoms with Crippen LogP contribution in [0.4, 0.5) is 0 Å². The van der Waals surface area contributed by atoms with E-state index in [0.717, 1.165) is 28.5 Å². The topological polar surface area (TPSA) is 75.6 Å². The lowest BCUT2D eigenvalue weighted by Gasteiger charge is -2.03. The minimum absolute atomic E-state index is 0.169. The molecule has 0 aliphatic heterocycles. The average molecular weight is 321 g/mol. The van der Waals surface area contributed by atoms with Gasteiger partial charge in [-0.25, -0.2) is 9.67 Å². The van der Waals surface area contributed by atoms with Gasteiger partial charge in [-0.3, -0.25) is 4.79 Å². The van der Waals surface area contributed by atoms with E-state index in [-0.39, 0.29) is 5.91 Å². The number of hydrogen-bond acceptors (Lipinski definition) is 3. The van der Waals surface area contributed by atoms with Crippen molar-refractivity contribution in [2.75, 3.05) is 0 Å². The third kappa shape index (κ3) is 3.43. The van der Waals surface area contributed by atoms with Crippen molar-refractivity contribution in [2.45, 2.75) is 20.4 Å². The molecule has 2 N–H and O–H groups in total. The van der Waals surface area contributed by atoms with Gasteiger partial charge in [-0.1, -0.05) is 18.2 Å². The molecule has 1 aromatic carbocycles. The van der Waals surface area contributed by atoms with Gasteiger partial charge in [0.1, 0.15) is 5.82 Å². The Bertz CT molecular complexity index is 847. The number of aromatic nitrogens is 4. The van der Waals surface area contributed by atoms with Crippen molar-refractivity contribution in [1.82, 2.24) is 25.1 Å². The fourth-order valence-corrected chi connectivity index (χ4v) is 2.50. The molecule has 1 amide bonds. The quantitative estimate of drug-likeness (QED) is 0.709. The summed E-state index contributed by atoms with van der Waals surface area (Å²) in [5.74, 6) is 0.554. The maximum atomic E-state index is 11.9. The maximum Gasteiger partial charge on any atom is 0.244 e. The minimum Gasteiger partial charge on any atom is -0.347 e. The monoisotopic (exact) mass is 321 g/mol. The molecule has 0 aliphatic carbocycles. The van der Waals surface area contributed by atoms with Crippen LogP contribution in [0.25, 0.3) is 11.8 Å². The van der Waals surface area contributed by atoms with E-state index in [2.05, 4.69) is 20.4 Å². The van der Waals surface area contributed by atoms with E-state index in [9.17, 15) is 4.79 Å². The van der Waals surface area contributed by atoms with Crippen molar-refractivity contribution < 1.29 is 4.79 Å². The molecule has 0 saturated heterocycles. The second kappa shape index (κ2) is 6.95. The number of amides is 1. The number of aryl methyl sites for hydroxylation is 1. The molecule has 122 valence electrons. The Hall–Kier alpha value is -3.15. The standard InChI is InChI=1S/C18H19N5O/c1-13-16(8-9-18(24)21-12-17-19-10-11-20-17)14(2)23(22-13)15-6-4-3-5-7-15/h3-11H,12H2,1-2H3,(H,19,20)(H,21,24)/b9-8+. The Morgan fingerprint density at radius 2 is 2.08 bits per heavy atom. The van der Waals surface area contributed by atoms with Crippen molar-refractivity contribution in [3.63, 3.8) is 0 Å². The highest BCUT2D eigenvalue weighted by molar-refractivity contribution is 5.91. The molecule has 3 aromatic rings. The molecule has 0 radical (unpaired) electrons. The highest BCUT2D eigenvalue weighted by Gasteiger charge is 2.10. The van der Waals surface area contributed by atoms with Gasteiger partial charge in [-0.2, -0.15) is 5.10 Å². The first kappa shape index (κ1) is 15.7. The zero-order valence-electron chi connectivity index (χ0n) is 13.7. The zero-order chi connectivity index (χ0) is 16.9. The zero-order valence-corrected chi connectivity index (χ0v) is 13.7. The third-order valence-electron chi connectivity index (χ3n) is 3.73. The molecule has 0 saturated carbocycles. The fraction of sp³-hybridized carbons (Fsp3) is 0.167. The summed E-state index contributed by atoms with van der Waals surface area (Å²) < 4.78 is 1.88. The first-order valence-electron chi connectivity index (χ1n) is 7.71. The van der Waals surface area contributed by atoms with Gasteiger partial charge >= 0.3 is 0 Å². The molecular formula is C18H19N5O. The molecule has 0 spiro atoms. The van der Waals surface area contributed by atoms with Crippen molar-refractivity contribution >= 4 is 12.0 Å². The number of para-hydroxylation sites is 1. The molecule has 2 heterocycles.